The van der Waals surface area contributed by atoms with E-state index in [0.29, 0.717) is 43.6 Å². The van der Waals surface area contributed by atoms with E-state index in [4.69, 9.17) is 21.3 Å². The molecule has 1 atom stereocenters. The highest BCUT2D eigenvalue weighted by molar-refractivity contribution is 7.07. The second-order valence-corrected chi connectivity index (χ2v) is 12.4. The third-order valence-corrected chi connectivity index (χ3v) is 9.46. The lowest BCUT2D eigenvalue weighted by Gasteiger charge is -2.25. The molecule has 0 radical (unpaired) electrons. The number of hydrogen-bond donors (Lipinski definition) is 1. The molecular formula is C37H29ClN4O3S. The number of rotatable bonds is 7. The maximum Gasteiger partial charge on any atom is 0.271 e. The van der Waals surface area contributed by atoms with Gasteiger partial charge in [0.15, 0.2) is 4.80 Å². The van der Waals surface area contributed by atoms with Gasteiger partial charge in [-0.25, -0.2) is 4.99 Å². The fourth-order valence-electron chi connectivity index (χ4n) is 5.93. The number of benzene rings is 4. The number of halogens is 1. The van der Waals surface area contributed by atoms with Crippen LogP contribution in [0, 0.1) is 0 Å². The largest absolute Gasteiger partial charge is 0.497 e. The molecule has 9 heteroatoms. The van der Waals surface area contributed by atoms with Crippen molar-refractivity contribution >= 4 is 51.5 Å². The minimum Gasteiger partial charge on any atom is -0.497 e. The second kappa shape index (κ2) is 12.3. The lowest BCUT2D eigenvalue weighted by Crippen LogP contribution is -2.40. The lowest BCUT2D eigenvalue weighted by atomic mass is 9.95. The maximum atomic E-state index is 14.3. The Kier molecular flexibility index (Phi) is 7.90. The second-order valence-electron chi connectivity index (χ2n) is 11.0. The third-order valence-electron chi connectivity index (χ3n) is 8.11. The molecule has 1 N–H and O–H groups in total. The number of carbonyl (C=O) groups excluding carboxylic acids is 1. The van der Waals surface area contributed by atoms with Crippen LogP contribution in [0.5, 0.6) is 5.75 Å². The molecule has 1 amide bonds. The van der Waals surface area contributed by atoms with E-state index in [1.807, 2.05) is 104 Å². The Balaban J connectivity index is 1.37. The summed E-state index contributed by atoms with van der Waals surface area (Å²) in [5.41, 5.74) is 5.06. The van der Waals surface area contributed by atoms with Crippen LogP contribution in [-0.4, -0.2) is 22.2 Å². The van der Waals surface area contributed by atoms with Gasteiger partial charge in [0.05, 0.1) is 29.0 Å². The zero-order valence-electron chi connectivity index (χ0n) is 25.1. The molecule has 1 aliphatic rings. The number of carbonyl (C=O) groups is 1. The summed E-state index contributed by atoms with van der Waals surface area (Å²) in [6, 6.07) is 31.9. The van der Waals surface area contributed by atoms with Crippen LogP contribution in [0.2, 0.25) is 5.02 Å². The maximum absolute atomic E-state index is 14.3. The van der Waals surface area contributed by atoms with E-state index < -0.39 is 6.04 Å². The van der Waals surface area contributed by atoms with Gasteiger partial charge < -0.3 is 14.6 Å². The van der Waals surface area contributed by atoms with Gasteiger partial charge in [0, 0.05) is 39.9 Å². The molecule has 46 heavy (non-hydrogen) atoms. The van der Waals surface area contributed by atoms with Gasteiger partial charge in [0.25, 0.3) is 11.5 Å². The molecule has 7 nitrogen and oxygen atoms in total. The fraction of sp³-hybridized carbons (Fsp3) is 0.108. The number of methoxy groups -OCH3 is 1. The van der Waals surface area contributed by atoms with E-state index in [1.165, 1.54) is 11.3 Å². The predicted octanol–water partition coefficient (Wildman–Crippen LogP) is 6.54. The van der Waals surface area contributed by atoms with E-state index in [2.05, 4.69) is 28.2 Å². The molecule has 0 saturated heterocycles. The summed E-state index contributed by atoms with van der Waals surface area (Å²) in [6.45, 7) is 2.40. The molecule has 0 fully saturated rings. The summed E-state index contributed by atoms with van der Waals surface area (Å²) < 4.78 is 9.81. The summed E-state index contributed by atoms with van der Waals surface area (Å²) in [6.07, 6.45) is 3.97. The van der Waals surface area contributed by atoms with E-state index in [-0.39, 0.29) is 11.5 Å². The van der Waals surface area contributed by atoms with E-state index >= 15 is 0 Å². The molecule has 0 unspecified atom stereocenters. The molecule has 6 aromatic rings. The summed E-state index contributed by atoms with van der Waals surface area (Å²) in [4.78, 5) is 33.5. The molecule has 228 valence electrons. The van der Waals surface area contributed by atoms with Gasteiger partial charge >= 0.3 is 0 Å². The van der Waals surface area contributed by atoms with Crippen LogP contribution in [0.4, 0.5) is 5.69 Å². The van der Waals surface area contributed by atoms with Gasteiger partial charge in [-0.15, -0.1) is 0 Å². The molecule has 4 aromatic carbocycles. The highest BCUT2D eigenvalue weighted by Gasteiger charge is 2.33. The molecular weight excluding hydrogens is 616 g/mol. The molecule has 0 bridgehead atoms. The minimum atomic E-state index is -0.709. The average molecular weight is 645 g/mol. The number of ether oxygens (including phenoxy) is 1. The van der Waals surface area contributed by atoms with Gasteiger partial charge in [0.1, 0.15) is 5.75 Å². The quantitative estimate of drug-likeness (QED) is 0.214. The Bertz CT molecular complexity index is 2340. The van der Waals surface area contributed by atoms with Crippen LogP contribution in [0.3, 0.4) is 0 Å². The van der Waals surface area contributed by atoms with Crippen molar-refractivity contribution in [2.75, 3.05) is 12.4 Å². The van der Waals surface area contributed by atoms with Crippen molar-refractivity contribution in [1.29, 1.82) is 0 Å². The zero-order chi connectivity index (χ0) is 31.8. The molecule has 1 aliphatic heterocycles. The van der Waals surface area contributed by atoms with Crippen LogP contribution in [0.15, 0.2) is 130 Å². The molecule has 0 aliphatic carbocycles. The van der Waals surface area contributed by atoms with Gasteiger partial charge in [-0.2, -0.15) is 0 Å². The Morgan fingerprint density at radius 3 is 2.57 bits per heavy atom. The van der Waals surface area contributed by atoms with Gasteiger partial charge in [-0.05, 0) is 60.5 Å². The zero-order valence-corrected chi connectivity index (χ0v) is 26.7. The monoisotopic (exact) mass is 644 g/mol. The van der Waals surface area contributed by atoms with Gasteiger partial charge in [0.2, 0.25) is 0 Å². The molecule has 7 rings (SSSR count). The first-order valence-corrected chi connectivity index (χ1v) is 15.9. The first-order valence-electron chi connectivity index (χ1n) is 14.8. The van der Waals surface area contributed by atoms with E-state index in [0.717, 1.165) is 27.6 Å². The summed E-state index contributed by atoms with van der Waals surface area (Å²) in [7, 11) is 1.59. The minimum absolute atomic E-state index is 0.225. The third kappa shape index (κ3) is 5.46. The molecule has 0 spiro atoms. The fourth-order valence-corrected chi connectivity index (χ4v) is 7.16. The summed E-state index contributed by atoms with van der Waals surface area (Å²) in [5.74, 6) is 0.306. The first-order chi connectivity index (χ1) is 22.4. The number of anilines is 1. The SMILES string of the molecule is COc1cccc([C@H]2C(C(=O)Nc3ccccc3)=C(C)N=c3s/c(=C/c4cn(Cc5ccccc5Cl)c5ccccc45)c(=O)n32)c1. The Morgan fingerprint density at radius 2 is 1.76 bits per heavy atom. The Hall–Kier alpha value is -5.18. The number of thiazole rings is 1. The number of fused-ring (bicyclic) bond motifs is 2. The van der Waals surface area contributed by atoms with Gasteiger partial charge in [-0.3, -0.25) is 14.2 Å². The number of allylic oxidation sites excluding steroid dienone is 1. The van der Waals surface area contributed by atoms with Crippen molar-refractivity contribution < 1.29 is 9.53 Å². The van der Waals surface area contributed by atoms with Crippen molar-refractivity contribution in [2.45, 2.75) is 19.5 Å². The Labute approximate surface area is 274 Å². The molecule has 0 saturated carbocycles. The van der Waals surface area contributed by atoms with E-state index in [9.17, 15) is 9.59 Å². The van der Waals surface area contributed by atoms with Crippen molar-refractivity contribution in [3.8, 4) is 5.75 Å². The van der Waals surface area contributed by atoms with Crippen molar-refractivity contribution in [3.05, 3.63) is 162 Å². The van der Waals surface area contributed by atoms with Crippen molar-refractivity contribution in [3.63, 3.8) is 0 Å². The van der Waals surface area contributed by atoms with Crippen LogP contribution in [0.1, 0.15) is 29.7 Å². The van der Waals surface area contributed by atoms with Crippen molar-refractivity contribution in [2.24, 2.45) is 4.99 Å². The summed E-state index contributed by atoms with van der Waals surface area (Å²) in [5, 5.41) is 4.72. The van der Waals surface area contributed by atoms with Crippen LogP contribution >= 0.6 is 22.9 Å². The van der Waals surface area contributed by atoms with E-state index in [1.54, 1.807) is 11.7 Å². The summed E-state index contributed by atoms with van der Waals surface area (Å²) >= 11 is 7.81. The number of aromatic nitrogens is 2. The van der Waals surface area contributed by atoms with Gasteiger partial charge in [-0.1, -0.05) is 89.7 Å². The number of nitrogens with one attached hydrogen (secondary N) is 1. The number of amides is 1. The predicted molar refractivity (Wildman–Crippen MR) is 184 cm³/mol. The number of para-hydroxylation sites is 2. The standard InChI is InChI=1S/C37H29ClN4O3S/c1-23-33(35(43)40-27-13-4-3-5-14-27)34(24-12-10-15-28(19-24)45-2)42-36(44)32(46-37(42)39-23)20-26-22-41(31-18-9-7-16-29(26)31)21-25-11-6-8-17-30(25)38/h3-20,22,34H,21H2,1-2H3,(H,40,43)/b32-20+/t34-/m0/s1. The normalized spacial score (nSPS) is 14.7. The van der Waals surface area contributed by atoms with Crippen LogP contribution in [-0.2, 0) is 11.3 Å². The van der Waals surface area contributed by atoms with Crippen LogP contribution < -0.4 is 24.9 Å². The Morgan fingerprint density at radius 1 is 1.00 bits per heavy atom. The first kappa shape index (κ1) is 29.5. The highest BCUT2D eigenvalue weighted by Crippen LogP contribution is 2.32. The van der Waals surface area contributed by atoms with Crippen molar-refractivity contribution in [1.82, 2.24) is 9.13 Å². The highest BCUT2D eigenvalue weighted by atomic mass is 35.5. The molecule has 3 heterocycles. The number of hydrogen-bond acceptors (Lipinski definition) is 5. The van der Waals surface area contributed by atoms with Crippen LogP contribution in [0.25, 0.3) is 17.0 Å². The smallest absolute Gasteiger partial charge is 0.271 e. The molecule has 2 aromatic heterocycles. The number of nitrogens with zero attached hydrogens (tertiary/aromatic N) is 3. The lowest BCUT2D eigenvalue weighted by molar-refractivity contribution is -0.113. The average Bonchev–Trinajstić information content (AvgIpc) is 3.57. The topological polar surface area (TPSA) is 77.6 Å².